The Morgan fingerprint density at radius 1 is 0.680 bits per heavy atom. The molecule has 0 aliphatic heterocycles. The molecule has 4 nitrogen and oxygen atoms in total. The topological polar surface area (TPSA) is 36.9 Å². The molecule has 0 amide bonds. The summed E-state index contributed by atoms with van der Waals surface area (Å²) in [7, 11) is 3.33. The van der Waals surface area contributed by atoms with Gasteiger partial charge in [0, 0.05) is 19.5 Å². The van der Waals surface area contributed by atoms with Gasteiger partial charge in [-0.15, -0.1) is 0 Å². The van der Waals surface area contributed by atoms with Gasteiger partial charge in [0.2, 0.25) is 0 Å². The van der Waals surface area contributed by atoms with Crippen LogP contribution in [0.2, 0.25) is 0 Å². The first kappa shape index (κ1) is 21.5. The van der Waals surface area contributed by atoms with Crippen LogP contribution >= 0.6 is 15.9 Å². The number of hydrogen-bond acceptors (Lipinski definition) is 4. The average molecular weight is 411 g/mol. The second kappa shape index (κ2) is 13.7. The summed E-state index contributed by atoms with van der Waals surface area (Å²) in [6, 6.07) is 16.0. The molecule has 0 aliphatic carbocycles. The zero-order valence-corrected chi connectivity index (χ0v) is 16.8. The number of halogens is 1. The van der Waals surface area contributed by atoms with E-state index in [4.69, 9.17) is 18.9 Å². The van der Waals surface area contributed by atoms with Crippen molar-refractivity contribution in [1.29, 1.82) is 0 Å². The molecular formula is C20H27BrO4. The van der Waals surface area contributed by atoms with Crippen LogP contribution in [-0.2, 0) is 14.8 Å². The Morgan fingerprint density at radius 2 is 1.12 bits per heavy atom. The number of rotatable bonds is 9. The largest absolute Gasteiger partial charge is 0.491 e. The highest BCUT2D eigenvalue weighted by Crippen LogP contribution is 2.13. The van der Waals surface area contributed by atoms with Crippen molar-refractivity contribution in [3.05, 3.63) is 59.7 Å². The first-order valence-corrected chi connectivity index (χ1v) is 9.26. The fraction of sp³-hybridized carbons (Fsp3) is 0.400. The molecule has 0 bridgehead atoms. The Morgan fingerprint density at radius 3 is 1.52 bits per heavy atom. The molecule has 0 saturated carbocycles. The molecule has 2 aromatic rings. The van der Waals surface area contributed by atoms with Crippen molar-refractivity contribution in [3.63, 3.8) is 0 Å². The van der Waals surface area contributed by atoms with E-state index in [9.17, 15) is 0 Å². The van der Waals surface area contributed by atoms with Crippen LogP contribution in [0.25, 0.3) is 0 Å². The molecule has 0 N–H and O–H groups in total. The molecule has 0 aliphatic rings. The van der Waals surface area contributed by atoms with Crippen molar-refractivity contribution < 1.29 is 18.9 Å². The molecule has 2 aromatic carbocycles. The third-order valence-corrected chi connectivity index (χ3v) is 3.86. The molecule has 5 heteroatoms. The SMILES string of the molecule is COCCOc1ccc(C)cc1.COCCOc1ccc(CBr)cc1. The van der Waals surface area contributed by atoms with E-state index in [1.165, 1.54) is 11.1 Å². The average Bonchev–Trinajstić information content (AvgIpc) is 2.65. The molecule has 0 fully saturated rings. The van der Waals surface area contributed by atoms with Gasteiger partial charge >= 0.3 is 0 Å². The molecular weight excluding hydrogens is 384 g/mol. The molecule has 0 heterocycles. The lowest BCUT2D eigenvalue weighted by molar-refractivity contribution is 0.146. The van der Waals surface area contributed by atoms with E-state index in [1.807, 2.05) is 48.5 Å². The van der Waals surface area contributed by atoms with Gasteiger partial charge in [-0.2, -0.15) is 0 Å². The third kappa shape index (κ3) is 10.1. The molecule has 0 saturated heterocycles. The van der Waals surface area contributed by atoms with E-state index < -0.39 is 0 Å². The Kier molecular flexibility index (Phi) is 11.8. The van der Waals surface area contributed by atoms with E-state index in [0.717, 1.165) is 16.8 Å². The molecule has 0 unspecified atom stereocenters. The summed E-state index contributed by atoms with van der Waals surface area (Å²) in [4.78, 5) is 0. The van der Waals surface area contributed by atoms with Gasteiger partial charge in [-0.25, -0.2) is 0 Å². The molecule has 0 spiro atoms. The van der Waals surface area contributed by atoms with E-state index >= 15 is 0 Å². The fourth-order valence-electron chi connectivity index (χ4n) is 1.79. The maximum Gasteiger partial charge on any atom is 0.119 e. The van der Waals surface area contributed by atoms with Crippen molar-refractivity contribution in [2.45, 2.75) is 12.3 Å². The lowest BCUT2D eigenvalue weighted by Gasteiger charge is -2.05. The van der Waals surface area contributed by atoms with E-state index in [0.29, 0.717) is 26.4 Å². The van der Waals surface area contributed by atoms with Crippen LogP contribution in [0.15, 0.2) is 48.5 Å². The van der Waals surface area contributed by atoms with Crippen LogP contribution in [0.5, 0.6) is 11.5 Å². The second-order valence-corrected chi connectivity index (χ2v) is 5.83. The van der Waals surface area contributed by atoms with Crippen molar-refractivity contribution in [1.82, 2.24) is 0 Å². The standard InChI is InChI=1S/C10H13BrO2.C10H14O2/c1-12-6-7-13-10-4-2-9(8-11)3-5-10;1-9-3-5-10(6-4-9)12-8-7-11-2/h2-5H,6-8H2,1H3;3-6H,7-8H2,1-2H3. The van der Waals surface area contributed by atoms with Gasteiger partial charge in [-0.05, 0) is 36.8 Å². The number of methoxy groups -OCH3 is 2. The normalized spacial score (nSPS) is 9.92. The zero-order chi connectivity index (χ0) is 18.3. The smallest absolute Gasteiger partial charge is 0.119 e. The predicted molar refractivity (Wildman–Crippen MR) is 105 cm³/mol. The Balaban J connectivity index is 0.000000251. The molecule has 138 valence electrons. The van der Waals surface area contributed by atoms with Crippen molar-refractivity contribution in [2.75, 3.05) is 40.6 Å². The minimum atomic E-state index is 0.601. The second-order valence-electron chi connectivity index (χ2n) is 5.27. The molecule has 25 heavy (non-hydrogen) atoms. The maximum absolute atomic E-state index is 5.41. The summed E-state index contributed by atoms with van der Waals surface area (Å²) in [6.07, 6.45) is 0. The molecule has 0 atom stereocenters. The highest BCUT2D eigenvalue weighted by atomic mass is 79.9. The summed E-state index contributed by atoms with van der Waals surface area (Å²) in [6.45, 7) is 4.52. The summed E-state index contributed by atoms with van der Waals surface area (Å²) in [5.74, 6) is 1.79. The highest BCUT2D eigenvalue weighted by Gasteiger charge is 1.93. The fourth-order valence-corrected chi connectivity index (χ4v) is 2.17. The Labute approximate surface area is 159 Å². The Bertz CT molecular complexity index is 555. The predicted octanol–water partition coefficient (Wildman–Crippen LogP) is 4.63. The van der Waals surface area contributed by atoms with Crippen molar-refractivity contribution >= 4 is 15.9 Å². The van der Waals surface area contributed by atoms with Gasteiger partial charge in [-0.1, -0.05) is 45.8 Å². The van der Waals surface area contributed by atoms with Crippen LogP contribution in [0.4, 0.5) is 0 Å². The quantitative estimate of drug-likeness (QED) is 0.446. The van der Waals surface area contributed by atoms with Gasteiger partial charge in [0.05, 0.1) is 13.2 Å². The van der Waals surface area contributed by atoms with Crippen LogP contribution in [0.1, 0.15) is 11.1 Å². The lowest BCUT2D eigenvalue weighted by atomic mass is 10.2. The zero-order valence-electron chi connectivity index (χ0n) is 15.2. The lowest BCUT2D eigenvalue weighted by Crippen LogP contribution is -2.03. The summed E-state index contributed by atoms with van der Waals surface area (Å²) < 4.78 is 20.5. The summed E-state index contributed by atoms with van der Waals surface area (Å²) >= 11 is 3.39. The van der Waals surface area contributed by atoms with Gasteiger partial charge in [0.1, 0.15) is 24.7 Å². The number of ether oxygens (including phenoxy) is 4. The molecule has 0 aromatic heterocycles. The van der Waals surface area contributed by atoms with E-state index in [2.05, 4.69) is 22.9 Å². The highest BCUT2D eigenvalue weighted by molar-refractivity contribution is 9.08. The number of aryl methyl sites for hydroxylation is 1. The van der Waals surface area contributed by atoms with Crippen LogP contribution in [0.3, 0.4) is 0 Å². The van der Waals surface area contributed by atoms with Gasteiger partial charge in [0.25, 0.3) is 0 Å². The van der Waals surface area contributed by atoms with Crippen molar-refractivity contribution in [3.8, 4) is 11.5 Å². The van der Waals surface area contributed by atoms with Gasteiger partial charge in [-0.3, -0.25) is 0 Å². The van der Waals surface area contributed by atoms with Crippen LogP contribution in [-0.4, -0.2) is 40.6 Å². The number of alkyl halides is 1. The third-order valence-electron chi connectivity index (χ3n) is 3.21. The van der Waals surface area contributed by atoms with Gasteiger partial charge < -0.3 is 18.9 Å². The Hall–Kier alpha value is -1.56. The minimum absolute atomic E-state index is 0.601. The summed E-state index contributed by atoms with van der Waals surface area (Å²) in [5.41, 5.74) is 2.49. The van der Waals surface area contributed by atoms with Crippen LogP contribution < -0.4 is 9.47 Å². The number of hydrogen-bond donors (Lipinski definition) is 0. The molecule has 2 rings (SSSR count). The van der Waals surface area contributed by atoms with Gasteiger partial charge in [0.15, 0.2) is 0 Å². The maximum atomic E-state index is 5.41. The summed E-state index contributed by atoms with van der Waals surface area (Å²) in [5, 5.41) is 0.880. The van der Waals surface area contributed by atoms with Crippen LogP contribution in [0, 0.1) is 6.92 Å². The van der Waals surface area contributed by atoms with Crippen molar-refractivity contribution in [2.24, 2.45) is 0 Å². The van der Waals surface area contributed by atoms with E-state index in [1.54, 1.807) is 14.2 Å². The monoisotopic (exact) mass is 410 g/mol. The first-order chi connectivity index (χ1) is 12.2. The molecule has 0 radical (unpaired) electrons. The number of benzene rings is 2. The minimum Gasteiger partial charge on any atom is -0.491 e. The first-order valence-electron chi connectivity index (χ1n) is 8.14. The van der Waals surface area contributed by atoms with E-state index in [-0.39, 0.29) is 0 Å².